The van der Waals surface area contributed by atoms with E-state index in [1.54, 1.807) is 11.8 Å². The van der Waals surface area contributed by atoms with Gasteiger partial charge in [-0.3, -0.25) is 4.98 Å². The number of aromatic nitrogens is 1. The van der Waals surface area contributed by atoms with Crippen molar-refractivity contribution in [2.45, 2.75) is 23.5 Å². The van der Waals surface area contributed by atoms with E-state index in [-0.39, 0.29) is 0 Å². The van der Waals surface area contributed by atoms with Crippen molar-refractivity contribution in [1.29, 1.82) is 0 Å². The Morgan fingerprint density at radius 1 is 1.18 bits per heavy atom. The summed E-state index contributed by atoms with van der Waals surface area (Å²) in [5.41, 5.74) is 3.56. The predicted octanol–water partition coefficient (Wildman–Crippen LogP) is 4.42. The van der Waals surface area contributed by atoms with Crippen molar-refractivity contribution in [1.82, 2.24) is 4.98 Å². The highest BCUT2D eigenvalue weighted by Gasteiger charge is 2.00. The van der Waals surface area contributed by atoms with Gasteiger partial charge in [-0.15, -0.1) is 23.4 Å². The van der Waals surface area contributed by atoms with Gasteiger partial charge in [0.05, 0.1) is 5.69 Å². The number of halogens is 1. The molecule has 1 aromatic heterocycles. The lowest BCUT2D eigenvalue weighted by atomic mass is 10.2. The third-order valence-electron chi connectivity index (χ3n) is 2.57. The summed E-state index contributed by atoms with van der Waals surface area (Å²) in [4.78, 5) is 5.64. The highest BCUT2D eigenvalue weighted by atomic mass is 35.5. The van der Waals surface area contributed by atoms with Crippen LogP contribution in [0.1, 0.15) is 16.8 Å². The largest absolute Gasteiger partial charge is 0.260 e. The van der Waals surface area contributed by atoms with E-state index in [2.05, 4.69) is 42.2 Å². The standard InChI is InChI=1S/C14H14ClNS/c1-11-3-2-8-16-14(11)10-17-13-6-4-12(9-15)5-7-13/h2-8H,9-10H2,1H3. The summed E-state index contributed by atoms with van der Waals surface area (Å²) in [7, 11) is 0. The Labute approximate surface area is 111 Å². The minimum Gasteiger partial charge on any atom is -0.260 e. The highest BCUT2D eigenvalue weighted by Crippen LogP contribution is 2.23. The molecule has 88 valence electrons. The molecule has 3 heteroatoms. The maximum Gasteiger partial charge on any atom is 0.0535 e. The van der Waals surface area contributed by atoms with Gasteiger partial charge in [0, 0.05) is 22.7 Å². The van der Waals surface area contributed by atoms with Gasteiger partial charge in [0.15, 0.2) is 0 Å². The van der Waals surface area contributed by atoms with Crippen molar-refractivity contribution in [2.24, 2.45) is 0 Å². The fourth-order valence-electron chi connectivity index (χ4n) is 1.50. The molecule has 0 aliphatic rings. The van der Waals surface area contributed by atoms with Gasteiger partial charge in [-0.25, -0.2) is 0 Å². The van der Waals surface area contributed by atoms with Crippen LogP contribution in [0, 0.1) is 6.92 Å². The number of hydrogen-bond acceptors (Lipinski definition) is 2. The molecule has 0 bridgehead atoms. The van der Waals surface area contributed by atoms with Crippen molar-refractivity contribution in [2.75, 3.05) is 0 Å². The second-order valence-electron chi connectivity index (χ2n) is 3.83. The van der Waals surface area contributed by atoms with Crippen molar-refractivity contribution >= 4 is 23.4 Å². The summed E-state index contributed by atoms with van der Waals surface area (Å²) in [5, 5.41) is 0. The van der Waals surface area contributed by atoms with Crippen LogP contribution in [-0.2, 0) is 11.6 Å². The Kier molecular flexibility index (Phi) is 4.46. The van der Waals surface area contributed by atoms with Gasteiger partial charge in [0.2, 0.25) is 0 Å². The van der Waals surface area contributed by atoms with Crippen molar-refractivity contribution in [3.05, 3.63) is 59.4 Å². The number of nitrogens with zero attached hydrogens (tertiary/aromatic N) is 1. The van der Waals surface area contributed by atoms with Gasteiger partial charge in [0.1, 0.15) is 0 Å². The van der Waals surface area contributed by atoms with E-state index in [1.165, 1.54) is 10.5 Å². The molecule has 0 aliphatic heterocycles. The minimum atomic E-state index is 0.574. The highest BCUT2D eigenvalue weighted by molar-refractivity contribution is 7.98. The third-order valence-corrected chi connectivity index (χ3v) is 3.90. The van der Waals surface area contributed by atoms with Crippen LogP contribution in [0.2, 0.25) is 0 Å². The Morgan fingerprint density at radius 2 is 1.94 bits per heavy atom. The molecule has 0 spiro atoms. The number of hydrogen-bond donors (Lipinski definition) is 0. The zero-order valence-corrected chi connectivity index (χ0v) is 11.3. The van der Waals surface area contributed by atoms with Gasteiger partial charge in [-0.2, -0.15) is 0 Å². The van der Waals surface area contributed by atoms with Crippen LogP contribution in [0.3, 0.4) is 0 Å². The number of benzene rings is 1. The molecule has 2 aromatic rings. The average molecular weight is 264 g/mol. The molecule has 0 fully saturated rings. The van der Waals surface area contributed by atoms with Gasteiger partial charge in [0.25, 0.3) is 0 Å². The van der Waals surface area contributed by atoms with Crippen LogP contribution in [0.15, 0.2) is 47.5 Å². The predicted molar refractivity (Wildman–Crippen MR) is 74.5 cm³/mol. The second-order valence-corrected chi connectivity index (χ2v) is 5.15. The Hall–Kier alpha value is -0.990. The molecule has 1 heterocycles. The second kappa shape index (κ2) is 6.08. The van der Waals surface area contributed by atoms with Crippen molar-refractivity contribution in [3.63, 3.8) is 0 Å². The molecule has 1 nitrogen and oxygen atoms in total. The summed E-state index contributed by atoms with van der Waals surface area (Å²) in [6.07, 6.45) is 1.85. The number of pyridine rings is 1. The van der Waals surface area contributed by atoms with Crippen LogP contribution >= 0.6 is 23.4 Å². The third kappa shape index (κ3) is 3.48. The molecule has 0 radical (unpaired) electrons. The van der Waals surface area contributed by atoms with E-state index >= 15 is 0 Å². The van der Waals surface area contributed by atoms with Crippen molar-refractivity contribution < 1.29 is 0 Å². The normalized spacial score (nSPS) is 10.5. The smallest absolute Gasteiger partial charge is 0.0535 e. The molecule has 2 rings (SSSR count). The topological polar surface area (TPSA) is 12.9 Å². The quantitative estimate of drug-likeness (QED) is 0.598. The van der Waals surface area contributed by atoms with Crippen molar-refractivity contribution in [3.8, 4) is 0 Å². The van der Waals surface area contributed by atoms with Crippen LogP contribution in [-0.4, -0.2) is 4.98 Å². The summed E-state index contributed by atoms with van der Waals surface area (Å²) in [6, 6.07) is 12.4. The number of rotatable bonds is 4. The van der Waals surface area contributed by atoms with E-state index < -0.39 is 0 Å². The molecule has 0 unspecified atom stereocenters. The van der Waals surface area contributed by atoms with Crippen LogP contribution in [0.5, 0.6) is 0 Å². The average Bonchev–Trinajstić information content (AvgIpc) is 2.38. The lowest BCUT2D eigenvalue weighted by Gasteiger charge is -2.04. The van der Waals surface area contributed by atoms with E-state index in [4.69, 9.17) is 11.6 Å². The molecule has 17 heavy (non-hydrogen) atoms. The molecule has 0 saturated heterocycles. The zero-order chi connectivity index (χ0) is 12.1. The monoisotopic (exact) mass is 263 g/mol. The van der Waals surface area contributed by atoms with Gasteiger partial charge < -0.3 is 0 Å². The van der Waals surface area contributed by atoms with E-state index in [1.807, 2.05) is 12.3 Å². The van der Waals surface area contributed by atoms with E-state index in [0.717, 1.165) is 17.0 Å². The van der Waals surface area contributed by atoms with E-state index in [9.17, 15) is 0 Å². The first-order valence-corrected chi connectivity index (χ1v) is 7.00. The maximum absolute atomic E-state index is 5.76. The Morgan fingerprint density at radius 3 is 2.59 bits per heavy atom. The summed E-state index contributed by atoms with van der Waals surface area (Å²) in [5.74, 6) is 1.48. The first-order valence-electron chi connectivity index (χ1n) is 5.48. The molecular weight excluding hydrogens is 250 g/mol. The maximum atomic E-state index is 5.76. The number of alkyl halides is 1. The molecule has 0 aliphatic carbocycles. The summed E-state index contributed by atoms with van der Waals surface area (Å²) in [6.45, 7) is 2.10. The van der Waals surface area contributed by atoms with Gasteiger partial charge in [-0.1, -0.05) is 18.2 Å². The first-order chi connectivity index (χ1) is 8.29. The first kappa shape index (κ1) is 12.5. The molecule has 0 N–H and O–H groups in total. The van der Waals surface area contributed by atoms with Crippen LogP contribution in [0.25, 0.3) is 0 Å². The lowest BCUT2D eigenvalue weighted by Crippen LogP contribution is -1.90. The molecule has 1 aromatic carbocycles. The SMILES string of the molecule is Cc1cccnc1CSc1ccc(CCl)cc1. The lowest BCUT2D eigenvalue weighted by molar-refractivity contribution is 1.13. The molecule has 0 atom stereocenters. The fraction of sp³-hybridized carbons (Fsp3) is 0.214. The van der Waals surface area contributed by atoms with Gasteiger partial charge >= 0.3 is 0 Å². The molecule has 0 saturated carbocycles. The number of aryl methyl sites for hydroxylation is 1. The number of thioether (sulfide) groups is 1. The summed E-state index contributed by atoms with van der Waals surface area (Å²) < 4.78 is 0. The zero-order valence-electron chi connectivity index (χ0n) is 9.69. The Balaban J connectivity index is 2.00. The van der Waals surface area contributed by atoms with Crippen LogP contribution in [0.4, 0.5) is 0 Å². The van der Waals surface area contributed by atoms with E-state index in [0.29, 0.717) is 5.88 Å². The fourth-order valence-corrected chi connectivity index (χ4v) is 2.61. The molecular formula is C14H14ClNS. The van der Waals surface area contributed by atoms with Gasteiger partial charge in [-0.05, 0) is 36.2 Å². The minimum absolute atomic E-state index is 0.574. The van der Waals surface area contributed by atoms with Crippen LogP contribution < -0.4 is 0 Å². The Bertz CT molecular complexity index is 482. The summed E-state index contributed by atoms with van der Waals surface area (Å²) >= 11 is 7.56. The molecule has 0 amide bonds.